The van der Waals surface area contributed by atoms with Gasteiger partial charge < -0.3 is 66.7 Å². The number of likely N-dealkylation sites (N-methyl/N-ethyl adjacent to an activating group) is 3. The van der Waals surface area contributed by atoms with E-state index in [2.05, 4.69) is 122 Å². The number of amides is 2. The van der Waals surface area contributed by atoms with Gasteiger partial charge >= 0.3 is 6.18 Å². The number of H-pyrrole nitrogens is 1. The molecule has 7 aromatic heterocycles. The minimum atomic E-state index is -4.40. The van der Waals surface area contributed by atoms with Crippen molar-refractivity contribution in [3.8, 4) is 11.5 Å². The van der Waals surface area contributed by atoms with Crippen molar-refractivity contribution < 1.29 is 37.8 Å². The molecule has 3 fully saturated rings. The first-order valence-electron chi connectivity index (χ1n) is 34.0. The van der Waals surface area contributed by atoms with Gasteiger partial charge in [-0.3, -0.25) is 34.1 Å². The summed E-state index contributed by atoms with van der Waals surface area (Å²) < 4.78 is 36.9. The number of carbonyl (C=O) groups is 3. The van der Waals surface area contributed by atoms with E-state index < -0.39 is 18.7 Å². The van der Waals surface area contributed by atoms with Crippen molar-refractivity contribution in [2.75, 3.05) is 139 Å². The number of anilines is 5. The third kappa shape index (κ3) is 18.7. The Hall–Kier alpha value is -10.1. The third-order valence-electron chi connectivity index (χ3n) is 18.0. The van der Waals surface area contributed by atoms with E-state index in [-0.39, 0.29) is 17.6 Å². The number of nitrogens with one attached hydrogen (secondary N) is 3. The summed E-state index contributed by atoms with van der Waals surface area (Å²) >= 11 is 0. The number of nitrogens with zero attached hydrogens (tertiary/aromatic N) is 16. The zero-order valence-electron chi connectivity index (χ0n) is 60.4. The molecule has 9 N–H and O–H groups in total. The second-order valence-corrected chi connectivity index (χ2v) is 26.3. The van der Waals surface area contributed by atoms with E-state index >= 15 is 0 Å². The van der Waals surface area contributed by atoms with Crippen LogP contribution in [0, 0.1) is 62.3 Å². The Labute approximate surface area is 590 Å². The van der Waals surface area contributed by atoms with E-state index in [0.717, 1.165) is 199 Å². The molecule has 30 heteroatoms. The number of alkyl halides is 3. The summed E-state index contributed by atoms with van der Waals surface area (Å²) in [6.45, 7) is 30.2. The number of aliphatic hydroxyl groups excluding tert-OH is 2. The van der Waals surface area contributed by atoms with Gasteiger partial charge in [-0.2, -0.15) is 28.5 Å². The number of fused-ring (bicyclic) bond motifs is 5. The number of aromatic nitrogens is 11. The summed E-state index contributed by atoms with van der Waals surface area (Å²) in [5.74, 6) is -0.0637. The maximum Gasteiger partial charge on any atom is 0.411 e. The molecule has 1 unspecified atom stereocenters. The number of piperazine rings is 3. The number of aromatic amines is 1. The molecular weight excluding hydrogens is 1310 g/mol. The molecule has 0 radical (unpaired) electrons. The van der Waals surface area contributed by atoms with Crippen LogP contribution < -0.4 is 42.4 Å². The van der Waals surface area contributed by atoms with Crippen LogP contribution in [0.2, 0.25) is 0 Å². The molecule has 4 aliphatic rings. The standard InChI is InChI=1S/C22H27N7O.C22H25N7O.C13H20N4O.C9H9N3O.C4H10O.C2H3F3O/c2*1-13-9-16(28-7-5-27(4)6-8-28)10-17-20(13)24-21(25-22(17)30)18-11-19-15(3)23-14(2)12-29(19)26-18;1-9-7-10(8-11(12(9)14)13(15)18)17-5-3-16(2)4-6-17;1-6-4-12-9(7(2)10-6)3-8(5-13)11-12;1-2-3-4-5;3-2(4,5)1-6/h9-12,21,24H,5-8H2,1-4H3,(H,25,30);9-12H,5-8H2,1-4H3,(H,24,25,30);7-8H,3-6,14H2,1-2H3,(H2,15,18);3-5H,1-2H3;5H,2-4H2,1H3;6H,1H2. The third-order valence-corrected chi connectivity index (χ3v) is 18.0. The Morgan fingerprint density at radius 1 is 0.598 bits per heavy atom. The highest BCUT2D eigenvalue weighted by Crippen LogP contribution is 2.35. The van der Waals surface area contributed by atoms with Crippen LogP contribution in [0.3, 0.4) is 0 Å². The fraction of sp³-hybridized carbons (Fsp3) is 0.431. The normalized spacial score (nSPS) is 15.7. The number of rotatable bonds is 9. The summed E-state index contributed by atoms with van der Waals surface area (Å²) in [6.07, 6.45) is 3.57. The van der Waals surface area contributed by atoms with E-state index in [0.29, 0.717) is 46.0 Å². The van der Waals surface area contributed by atoms with Crippen molar-refractivity contribution in [3.05, 3.63) is 157 Å². The summed E-state index contributed by atoms with van der Waals surface area (Å²) in [6, 6.07) is 17.7. The van der Waals surface area contributed by atoms with E-state index in [1.807, 2.05) is 103 Å². The molecule has 3 saturated heterocycles. The number of hydrogen-bond donors (Lipinski definition) is 7. The van der Waals surface area contributed by atoms with Crippen molar-refractivity contribution >= 4 is 74.0 Å². The molecule has 14 rings (SSSR count). The van der Waals surface area contributed by atoms with Crippen molar-refractivity contribution in [2.24, 2.45) is 5.73 Å². The van der Waals surface area contributed by atoms with Gasteiger partial charge in [-0.05, 0) is 161 Å². The number of hydrogen-bond acceptors (Lipinski definition) is 21. The lowest BCUT2D eigenvalue weighted by Gasteiger charge is -2.35. The zero-order valence-corrected chi connectivity index (χ0v) is 60.4. The number of carbonyl (C=O) groups excluding carboxylic acids is 3. The Kier molecular flexibility index (Phi) is 24.7. The summed E-state index contributed by atoms with van der Waals surface area (Å²) in [7, 11) is 6.39. The number of nitrogen functional groups attached to an aromatic ring is 1. The molecule has 544 valence electrons. The maximum atomic E-state index is 13.0. The van der Waals surface area contributed by atoms with Crippen LogP contribution in [0.15, 0.2) is 78.0 Å². The minimum Gasteiger partial charge on any atom is -0.398 e. The van der Waals surface area contributed by atoms with Gasteiger partial charge in [0.25, 0.3) is 17.4 Å². The van der Waals surface area contributed by atoms with Crippen LogP contribution >= 0.6 is 0 Å². The molecule has 11 heterocycles. The van der Waals surface area contributed by atoms with Crippen LogP contribution in [0.5, 0.6) is 0 Å². The topological polar surface area (TPSA) is 324 Å². The van der Waals surface area contributed by atoms with E-state index in [4.69, 9.17) is 26.7 Å². The highest BCUT2D eigenvalue weighted by molar-refractivity contribution is 6.03. The highest BCUT2D eigenvalue weighted by atomic mass is 19.4. The SMILES string of the molecule is CCCCO.Cc1cc(N2CCN(C)CC2)cc(C(N)=O)c1N.Cc1cn2nc(-c3nc4c(C)cc(N5CCN(C)CC5)cc4c(=O)[nH]3)cc2c(C)n1.Cc1cn2nc(C3NC(=O)c4cc(N5CCN(C)CC5)cc(C)c4N3)cc2c(C)n1.Cc1cn2nc(C=O)cc2c(C)n1.OCC(F)(F)F. The Balaban J connectivity index is 0.000000156. The number of halogens is 3. The smallest absolute Gasteiger partial charge is 0.398 e. The summed E-state index contributed by atoms with van der Waals surface area (Å²) in [5, 5.41) is 35.9. The molecule has 1 atom stereocenters. The molecule has 4 aliphatic heterocycles. The van der Waals surface area contributed by atoms with Crippen molar-refractivity contribution in [1.29, 1.82) is 0 Å². The molecule has 102 heavy (non-hydrogen) atoms. The number of unbranched alkanes of at least 4 members (excludes halogenated alkanes) is 1. The largest absolute Gasteiger partial charge is 0.411 e. The van der Waals surface area contributed by atoms with Gasteiger partial charge in [0.2, 0.25) is 0 Å². The van der Waals surface area contributed by atoms with Gasteiger partial charge in [0, 0.05) is 108 Å². The molecule has 27 nitrogen and oxygen atoms in total. The monoisotopic (exact) mass is 1410 g/mol. The van der Waals surface area contributed by atoms with Gasteiger partial charge in [0.15, 0.2) is 12.1 Å². The Morgan fingerprint density at radius 2 is 1.06 bits per heavy atom. The molecule has 10 aromatic rings. The van der Waals surface area contributed by atoms with Crippen molar-refractivity contribution in [3.63, 3.8) is 0 Å². The first kappa shape index (κ1) is 76.0. The molecular formula is C72H94F3N21O6. The van der Waals surface area contributed by atoms with E-state index in [1.54, 1.807) is 27.4 Å². The zero-order chi connectivity index (χ0) is 74.0. The number of nitrogens with two attached hydrogens (primary N) is 2. The van der Waals surface area contributed by atoms with Crippen molar-refractivity contribution in [1.82, 2.24) is 73.8 Å². The van der Waals surface area contributed by atoms with Crippen LogP contribution in [-0.4, -0.2) is 216 Å². The predicted molar refractivity (Wildman–Crippen MR) is 392 cm³/mol. The quantitative estimate of drug-likeness (QED) is 0.0544. The van der Waals surface area contributed by atoms with Gasteiger partial charge in [0.1, 0.15) is 29.9 Å². The van der Waals surface area contributed by atoms with Gasteiger partial charge in [-0.25, -0.2) is 18.5 Å². The number of aldehydes is 1. The lowest BCUT2D eigenvalue weighted by molar-refractivity contribution is -0.159. The molecule has 0 spiro atoms. The average molecular weight is 1410 g/mol. The fourth-order valence-electron chi connectivity index (χ4n) is 12.3. The first-order valence-corrected chi connectivity index (χ1v) is 34.0. The fourth-order valence-corrected chi connectivity index (χ4v) is 12.3. The first-order chi connectivity index (χ1) is 48.4. The highest BCUT2D eigenvalue weighted by Gasteiger charge is 2.30. The van der Waals surface area contributed by atoms with Gasteiger partial charge in [0.05, 0.1) is 97.0 Å². The van der Waals surface area contributed by atoms with Gasteiger partial charge in [-0.1, -0.05) is 13.3 Å². The number of benzene rings is 3. The average Bonchev–Trinajstić information content (AvgIpc) is 1.27. The lowest BCUT2D eigenvalue weighted by Crippen LogP contribution is -2.45. The van der Waals surface area contributed by atoms with E-state index in [9.17, 15) is 32.3 Å². The maximum absolute atomic E-state index is 13.0. The lowest BCUT2D eigenvalue weighted by atomic mass is 10.0. The second kappa shape index (κ2) is 33.1. The predicted octanol–water partition coefficient (Wildman–Crippen LogP) is 7.48. The van der Waals surface area contributed by atoms with Crippen LogP contribution in [0.25, 0.3) is 39.0 Å². The Morgan fingerprint density at radius 3 is 1.54 bits per heavy atom. The summed E-state index contributed by atoms with van der Waals surface area (Å²) in [4.78, 5) is 82.7. The van der Waals surface area contributed by atoms with Gasteiger partial charge in [-0.15, -0.1) is 0 Å². The second-order valence-electron chi connectivity index (χ2n) is 26.3. The minimum absolute atomic E-state index is 0.0732. The molecule has 0 bridgehead atoms. The molecule has 3 aromatic carbocycles. The molecule has 0 aliphatic carbocycles. The van der Waals surface area contributed by atoms with E-state index in [1.165, 1.54) is 0 Å². The van der Waals surface area contributed by atoms with Crippen molar-refractivity contribution in [2.45, 2.75) is 94.4 Å². The summed E-state index contributed by atoms with van der Waals surface area (Å²) in [5.41, 5.74) is 30.4. The van der Waals surface area contributed by atoms with Crippen LogP contribution in [-0.2, 0) is 0 Å². The number of aliphatic hydroxyl groups is 2. The number of aryl methyl sites for hydroxylation is 9. The van der Waals surface area contributed by atoms with Crippen LogP contribution in [0.4, 0.5) is 41.6 Å². The van der Waals surface area contributed by atoms with Crippen LogP contribution in [0.1, 0.15) is 114 Å². The Bertz CT molecular complexity index is 4700. The number of primary amides is 1. The molecule has 2 amide bonds. The molecule has 0 saturated carbocycles.